The molecule has 0 saturated carbocycles. The molecule has 0 spiro atoms. The number of anilines is 1. The van der Waals surface area contributed by atoms with Gasteiger partial charge in [0.25, 0.3) is 11.8 Å². The molecule has 2 fully saturated rings. The summed E-state index contributed by atoms with van der Waals surface area (Å²) in [6, 6.07) is 4.24. The van der Waals surface area contributed by atoms with Crippen LogP contribution in [-0.4, -0.2) is 64.6 Å². The van der Waals surface area contributed by atoms with Gasteiger partial charge >= 0.3 is 0 Å². The summed E-state index contributed by atoms with van der Waals surface area (Å²) in [5, 5.41) is 5.62. The Morgan fingerprint density at radius 3 is 2.39 bits per heavy atom. The van der Waals surface area contributed by atoms with Gasteiger partial charge in [-0.05, 0) is 71.2 Å². The number of benzene rings is 1. The summed E-state index contributed by atoms with van der Waals surface area (Å²) < 4.78 is 0. The summed E-state index contributed by atoms with van der Waals surface area (Å²) in [5.41, 5.74) is 1.43. The lowest BCUT2D eigenvalue weighted by atomic mass is 9.93. The predicted octanol–water partition coefficient (Wildman–Crippen LogP) is 2.01. The van der Waals surface area contributed by atoms with Crippen LogP contribution in [0.2, 0.25) is 0 Å². The third-order valence-electron chi connectivity index (χ3n) is 6.61. The first-order valence-electron chi connectivity index (χ1n) is 11.0. The Morgan fingerprint density at radius 1 is 1.03 bits per heavy atom. The molecule has 4 rings (SSSR count). The molecule has 1 unspecified atom stereocenters. The van der Waals surface area contributed by atoms with Crippen molar-refractivity contribution >= 4 is 29.3 Å². The minimum atomic E-state index is -0.945. The molecule has 3 aliphatic heterocycles. The van der Waals surface area contributed by atoms with E-state index in [4.69, 9.17) is 0 Å². The first-order chi connectivity index (χ1) is 14.7. The highest BCUT2D eigenvalue weighted by Gasteiger charge is 2.45. The highest BCUT2D eigenvalue weighted by Crippen LogP contribution is 2.33. The molecule has 2 N–H and O–H groups in total. The van der Waals surface area contributed by atoms with Crippen LogP contribution in [0.5, 0.6) is 0 Å². The van der Waals surface area contributed by atoms with E-state index in [1.165, 1.54) is 0 Å². The van der Waals surface area contributed by atoms with Crippen LogP contribution in [0.15, 0.2) is 18.2 Å². The van der Waals surface area contributed by atoms with Gasteiger partial charge in [0.2, 0.25) is 11.8 Å². The number of nitrogens with zero attached hydrogens (tertiary/aromatic N) is 2. The van der Waals surface area contributed by atoms with Gasteiger partial charge in [0.1, 0.15) is 6.04 Å². The summed E-state index contributed by atoms with van der Waals surface area (Å²) in [4.78, 5) is 53.3. The highest BCUT2D eigenvalue weighted by molar-refractivity contribution is 6.25. The monoisotopic (exact) mass is 426 g/mol. The van der Waals surface area contributed by atoms with E-state index in [2.05, 4.69) is 36.3 Å². The number of carbonyl (C=O) groups excluding carboxylic acids is 4. The number of piperidine rings is 2. The Balaban J connectivity index is 1.46. The Bertz CT molecular complexity index is 928. The first kappa shape index (κ1) is 21.5. The van der Waals surface area contributed by atoms with Crippen molar-refractivity contribution in [2.24, 2.45) is 5.92 Å². The predicted molar refractivity (Wildman–Crippen MR) is 116 cm³/mol. The van der Waals surface area contributed by atoms with Crippen molar-refractivity contribution in [2.45, 2.75) is 58.0 Å². The maximum atomic E-state index is 13.2. The van der Waals surface area contributed by atoms with Gasteiger partial charge in [-0.2, -0.15) is 0 Å². The molecule has 2 saturated heterocycles. The molecular weight excluding hydrogens is 396 g/mol. The summed E-state index contributed by atoms with van der Waals surface area (Å²) in [6.07, 6.45) is 2.43. The van der Waals surface area contributed by atoms with E-state index in [1.807, 2.05) is 6.07 Å². The third-order valence-corrected chi connectivity index (χ3v) is 6.61. The van der Waals surface area contributed by atoms with Crippen LogP contribution >= 0.6 is 0 Å². The van der Waals surface area contributed by atoms with E-state index < -0.39 is 23.8 Å². The lowest BCUT2D eigenvalue weighted by Gasteiger charge is -2.41. The van der Waals surface area contributed by atoms with Gasteiger partial charge in [0.15, 0.2) is 0 Å². The fourth-order valence-corrected chi connectivity index (χ4v) is 4.72. The second kappa shape index (κ2) is 8.07. The molecule has 0 bridgehead atoms. The second-order valence-corrected chi connectivity index (χ2v) is 9.66. The standard InChI is InChI=1S/C23H30N4O4/c1-23(2,3)26-11-9-14(10-12-26)13-24-16-6-4-5-15-19(16)22(31)27(21(15)30)17-7-8-18(28)25-20(17)29/h4-6,14,17,24H,7-13H2,1-3H3,(H,25,28,29). The first-order valence-corrected chi connectivity index (χ1v) is 11.0. The Morgan fingerprint density at radius 2 is 1.74 bits per heavy atom. The maximum absolute atomic E-state index is 13.2. The molecule has 3 aliphatic rings. The van der Waals surface area contributed by atoms with Crippen LogP contribution in [0.4, 0.5) is 5.69 Å². The van der Waals surface area contributed by atoms with Gasteiger partial charge in [-0.25, -0.2) is 0 Å². The normalized spacial score (nSPS) is 23.2. The van der Waals surface area contributed by atoms with Crippen molar-refractivity contribution in [3.63, 3.8) is 0 Å². The van der Waals surface area contributed by atoms with Crippen molar-refractivity contribution in [3.8, 4) is 0 Å². The van der Waals surface area contributed by atoms with E-state index in [-0.39, 0.29) is 24.3 Å². The molecule has 31 heavy (non-hydrogen) atoms. The summed E-state index contributed by atoms with van der Waals surface area (Å²) in [6.45, 7) is 9.52. The maximum Gasteiger partial charge on any atom is 0.264 e. The molecule has 8 nitrogen and oxygen atoms in total. The highest BCUT2D eigenvalue weighted by atomic mass is 16.2. The average Bonchev–Trinajstić information content (AvgIpc) is 2.97. The van der Waals surface area contributed by atoms with Gasteiger partial charge in [-0.1, -0.05) is 6.07 Å². The lowest BCUT2D eigenvalue weighted by molar-refractivity contribution is -0.136. The number of hydrogen-bond donors (Lipinski definition) is 2. The van der Waals surface area contributed by atoms with Gasteiger partial charge in [-0.15, -0.1) is 0 Å². The largest absolute Gasteiger partial charge is 0.384 e. The summed E-state index contributed by atoms with van der Waals surface area (Å²) >= 11 is 0. The minimum Gasteiger partial charge on any atom is -0.384 e. The van der Waals surface area contributed by atoms with E-state index in [0.29, 0.717) is 22.7 Å². The minimum absolute atomic E-state index is 0.113. The zero-order valence-corrected chi connectivity index (χ0v) is 18.4. The van der Waals surface area contributed by atoms with Crippen molar-refractivity contribution < 1.29 is 19.2 Å². The number of carbonyl (C=O) groups is 4. The van der Waals surface area contributed by atoms with Crippen LogP contribution in [-0.2, 0) is 9.59 Å². The SMILES string of the molecule is CC(C)(C)N1CCC(CNc2cccc3c2C(=O)N(C2CCC(=O)NC2=O)C3=O)CC1. The second-order valence-electron chi connectivity index (χ2n) is 9.66. The molecule has 4 amide bonds. The Hall–Kier alpha value is -2.74. The van der Waals surface area contributed by atoms with Gasteiger partial charge in [0.05, 0.1) is 11.1 Å². The Kier molecular flexibility index (Phi) is 5.60. The third kappa shape index (κ3) is 4.08. The van der Waals surface area contributed by atoms with Gasteiger partial charge in [-0.3, -0.25) is 34.3 Å². The van der Waals surface area contributed by atoms with E-state index in [0.717, 1.165) is 37.4 Å². The summed E-state index contributed by atoms with van der Waals surface area (Å²) in [7, 11) is 0. The van der Waals surface area contributed by atoms with Crippen molar-refractivity contribution in [2.75, 3.05) is 25.0 Å². The van der Waals surface area contributed by atoms with Crippen LogP contribution in [0.25, 0.3) is 0 Å². The number of amides is 4. The molecule has 1 aromatic rings. The van der Waals surface area contributed by atoms with Crippen LogP contribution in [0, 0.1) is 5.92 Å². The fourth-order valence-electron chi connectivity index (χ4n) is 4.72. The van der Waals surface area contributed by atoms with E-state index >= 15 is 0 Å². The van der Waals surface area contributed by atoms with Crippen LogP contribution in [0.1, 0.15) is 67.2 Å². The molecular formula is C23H30N4O4. The lowest BCUT2D eigenvalue weighted by Crippen LogP contribution is -2.54. The smallest absolute Gasteiger partial charge is 0.264 e. The topological polar surface area (TPSA) is 98.8 Å². The fraction of sp³-hybridized carbons (Fsp3) is 0.565. The van der Waals surface area contributed by atoms with E-state index in [1.54, 1.807) is 12.1 Å². The van der Waals surface area contributed by atoms with Crippen molar-refractivity contribution in [1.82, 2.24) is 15.1 Å². The number of nitrogens with one attached hydrogen (secondary N) is 2. The molecule has 1 atom stereocenters. The van der Waals surface area contributed by atoms with Gasteiger partial charge < -0.3 is 5.32 Å². The summed E-state index contributed by atoms with van der Waals surface area (Å²) in [5.74, 6) is -1.42. The average molecular weight is 427 g/mol. The molecule has 166 valence electrons. The molecule has 0 aliphatic carbocycles. The van der Waals surface area contributed by atoms with Crippen molar-refractivity contribution in [3.05, 3.63) is 29.3 Å². The quantitative estimate of drug-likeness (QED) is 0.715. The Labute approximate surface area is 182 Å². The molecule has 0 aromatic heterocycles. The zero-order valence-electron chi connectivity index (χ0n) is 18.4. The molecule has 3 heterocycles. The molecule has 1 aromatic carbocycles. The van der Waals surface area contributed by atoms with Crippen molar-refractivity contribution in [1.29, 1.82) is 0 Å². The number of rotatable bonds is 4. The zero-order chi connectivity index (χ0) is 22.3. The number of hydrogen-bond acceptors (Lipinski definition) is 6. The number of imide groups is 2. The molecule has 0 radical (unpaired) electrons. The van der Waals surface area contributed by atoms with Crippen LogP contribution < -0.4 is 10.6 Å². The van der Waals surface area contributed by atoms with E-state index in [9.17, 15) is 19.2 Å². The number of likely N-dealkylation sites (tertiary alicyclic amines) is 1. The van der Waals surface area contributed by atoms with Crippen LogP contribution in [0.3, 0.4) is 0 Å². The van der Waals surface area contributed by atoms with Gasteiger partial charge in [0, 0.05) is 24.2 Å². The number of fused-ring (bicyclic) bond motifs is 1. The molecule has 8 heteroatoms.